The zero-order valence-electron chi connectivity index (χ0n) is 20.2. The molecule has 4 aliphatic carbocycles. The molecule has 0 aromatic heterocycles. The predicted octanol–water partition coefficient (Wildman–Crippen LogP) is 4.16. The van der Waals surface area contributed by atoms with Gasteiger partial charge in [-0.15, -0.1) is 0 Å². The number of rotatable bonds is 7. The van der Waals surface area contributed by atoms with E-state index >= 15 is 0 Å². The van der Waals surface area contributed by atoms with Gasteiger partial charge in [0.1, 0.15) is 5.75 Å². The molecule has 2 aromatic rings. The Kier molecular flexibility index (Phi) is 8.50. The molecule has 0 spiro atoms. The average Bonchev–Trinajstić information content (AvgIpc) is 2.80. The molecule has 6 nitrogen and oxygen atoms in total. The molecule has 6 heteroatoms. The highest BCUT2D eigenvalue weighted by Crippen LogP contribution is 2.31. The molecule has 2 amide bonds. The summed E-state index contributed by atoms with van der Waals surface area (Å²) < 4.78 is 5.94. The summed E-state index contributed by atoms with van der Waals surface area (Å²) in [6, 6.07) is 12.2. The largest absolute Gasteiger partial charge is 0.415 e. The zero-order valence-corrected chi connectivity index (χ0v) is 20.2. The Morgan fingerprint density at radius 2 is 1.48 bits per heavy atom. The third kappa shape index (κ3) is 5.93. The molecule has 0 saturated heterocycles. The fourth-order valence-electron chi connectivity index (χ4n) is 4.17. The quantitative estimate of drug-likeness (QED) is 0.661. The number of amides is 2. The number of aryl methyl sites for hydroxylation is 4. The number of ether oxygens (including phenoxy) is 1. The average molecular weight is 453 g/mol. The van der Waals surface area contributed by atoms with Crippen molar-refractivity contribution in [2.24, 2.45) is 5.92 Å². The van der Waals surface area contributed by atoms with Crippen LogP contribution in [-0.2, 0) is 25.7 Å². The van der Waals surface area contributed by atoms with Crippen molar-refractivity contribution in [2.75, 3.05) is 19.7 Å². The summed E-state index contributed by atoms with van der Waals surface area (Å²) in [7, 11) is 0. The van der Waals surface area contributed by atoms with E-state index in [2.05, 4.69) is 29.6 Å². The van der Waals surface area contributed by atoms with E-state index in [1.807, 2.05) is 39.8 Å². The van der Waals surface area contributed by atoms with E-state index in [9.17, 15) is 14.7 Å². The minimum atomic E-state index is -0.453. The predicted molar refractivity (Wildman–Crippen MR) is 130 cm³/mol. The maximum absolute atomic E-state index is 13.5. The molecule has 1 atom stereocenters. The third-order valence-corrected chi connectivity index (χ3v) is 6.47. The Hall–Kier alpha value is -2.86. The van der Waals surface area contributed by atoms with Gasteiger partial charge in [0.15, 0.2) is 0 Å². The van der Waals surface area contributed by atoms with Crippen LogP contribution in [0.1, 0.15) is 60.3 Å². The molecule has 0 heterocycles. The molecule has 178 valence electrons. The number of benzene rings is 2. The second kappa shape index (κ2) is 11.3. The second-order valence-corrected chi connectivity index (χ2v) is 8.95. The van der Waals surface area contributed by atoms with Gasteiger partial charge in [-0.1, -0.05) is 50.2 Å². The van der Waals surface area contributed by atoms with Crippen LogP contribution in [0.2, 0.25) is 0 Å². The first-order chi connectivity index (χ1) is 15.9. The smallest absolute Gasteiger partial charge is 0.409 e. The van der Waals surface area contributed by atoms with Crippen molar-refractivity contribution in [3.8, 4) is 5.75 Å². The molecule has 0 saturated carbocycles. The van der Waals surface area contributed by atoms with Gasteiger partial charge in [-0.3, -0.25) is 4.79 Å². The third-order valence-electron chi connectivity index (χ3n) is 6.47. The lowest BCUT2D eigenvalue weighted by atomic mass is 9.91. The van der Waals surface area contributed by atoms with Gasteiger partial charge in [0.2, 0.25) is 0 Å². The van der Waals surface area contributed by atoms with Crippen LogP contribution in [0.4, 0.5) is 4.79 Å². The summed E-state index contributed by atoms with van der Waals surface area (Å²) in [5.74, 6) is 0.0982. The van der Waals surface area contributed by atoms with E-state index in [0.29, 0.717) is 37.2 Å². The van der Waals surface area contributed by atoms with Crippen LogP contribution in [0.3, 0.4) is 0 Å². The van der Waals surface area contributed by atoms with Gasteiger partial charge in [0.25, 0.3) is 5.91 Å². The van der Waals surface area contributed by atoms with Crippen LogP contribution in [0.15, 0.2) is 36.4 Å². The van der Waals surface area contributed by atoms with Crippen LogP contribution in [0.5, 0.6) is 5.75 Å². The van der Waals surface area contributed by atoms with Gasteiger partial charge in [-0.05, 0) is 67.7 Å². The summed E-state index contributed by atoms with van der Waals surface area (Å²) in [5.41, 5.74) is 4.48. The first kappa shape index (κ1) is 24.8. The SMILES string of the molecule is CCN(CC)C(=O)Oc1c2ccc(c1C(=O)N[C@H](CO)C(C)C)CCc1ccc(cc1)CC2. The molecular weight excluding hydrogens is 416 g/mol. The van der Waals surface area contributed by atoms with E-state index in [1.54, 1.807) is 4.90 Å². The van der Waals surface area contributed by atoms with Gasteiger partial charge in [0, 0.05) is 13.1 Å². The molecule has 2 aromatic carbocycles. The standard InChI is InChI=1S/C27H36N2O4/c1-5-29(6-2)27(32)33-25-22-14-12-20-9-7-19(8-10-20)11-13-21(15-16-22)24(25)26(31)28-23(17-30)18(3)4/h7-10,15-16,18,23,30H,5-6,11-14,17H2,1-4H3,(H,28,31)/t23-/m1/s1. The summed E-state index contributed by atoms with van der Waals surface area (Å²) in [4.78, 5) is 28.1. The first-order valence-electron chi connectivity index (χ1n) is 12.0. The molecule has 2 N–H and O–H groups in total. The molecule has 0 fully saturated rings. The van der Waals surface area contributed by atoms with Crippen LogP contribution in [0.25, 0.3) is 0 Å². The van der Waals surface area contributed by atoms with Crippen molar-refractivity contribution < 1.29 is 19.4 Å². The number of hydrogen-bond donors (Lipinski definition) is 2. The van der Waals surface area contributed by atoms with E-state index in [4.69, 9.17) is 4.74 Å². The molecule has 33 heavy (non-hydrogen) atoms. The van der Waals surface area contributed by atoms with Gasteiger partial charge >= 0.3 is 6.09 Å². The monoisotopic (exact) mass is 452 g/mol. The lowest BCUT2D eigenvalue weighted by molar-refractivity contribution is 0.0892. The summed E-state index contributed by atoms with van der Waals surface area (Å²) in [5, 5.41) is 12.7. The van der Waals surface area contributed by atoms with Crippen LogP contribution < -0.4 is 10.1 Å². The number of aliphatic hydroxyl groups is 1. The topological polar surface area (TPSA) is 78.9 Å². The summed E-state index contributed by atoms with van der Waals surface area (Å²) >= 11 is 0. The van der Waals surface area contributed by atoms with Crippen molar-refractivity contribution in [2.45, 2.75) is 59.4 Å². The van der Waals surface area contributed by atoms with Crippen molar-refractivity contribution in [1.82, 2.24) is 10.2 Å². The first-order valence-corrected chi connectivity index (χ1v) is 12.0. The Morgan fingerprint density at radius 3 is 2.00 bits per heavy atom. The van der Waals surface area contributed by atoms with Crippen molar-refractivity contribution in [3.63, 3.8) is 0 Å². The Bertz CT molecular complexity index is 965. The normalized spacial score (nSPS) is 13.9. The zero-order chi connectivity index (χ0) is 24.0. The van der Waals surface area contributed by atoms with E-state index < -0.39 is 6.09 Å². The second-order valence-electron chi connectivity index (χ2n) is 8.95. The van der Waals surface area contributed by atoms with Crippen molar-refractivity contribution >= 4 is 12.0 Å². The molecule has 0 aliphatic heterocycles. The maximum atomic E-state index is 13.5. The van der Waals surface area contributed by atoms with Crippen LogP contribution >= 0.6 is 0 Å². The number of aliphatic hydroxyl groups excluding tert-OH is 1. The Labute approximate surface area is 196 Å². The molecular formula is C27H36N2O4. The minimum Gasteiger partial charge on any atom is -0.409 e. The van der Waals surface area contributed by atoms with E-state index in [-0.39, 0.29) is 24.5 Å². The van der Waals surface area contributed by atoms with Gasteiger partial charge in [-0.25, -0.2) is 4.79 Å². The van der Waals surface area contributed by atoms with Gasteiger partial charge < -0.3 is 20.1 Å². The highest BCUT2D eigenvalue weighted by molar-refractivity contribution is 6.00. The van der Waals surface area contributed by atoms with Crippen LogP contribution in [0, 0.1) is 5.92 Å². The highest BCUT2D eigenvalue weighted by Gasteiger charge is 2.27. The number of hydrogen-bond acceptors (Lipinski definition) is 4. The summed E-state index contributed by atoms with van der Waals surface area (Å²) in [6.07, 6.45) is 2.39. The number of nitrogens with one attached hydrogen (secondary N) is 1. The molecule has 6 rings (SSSR count). The van der Waals surface area contributed by atoms with E-state index in [1.165, 1.54) is 11.1 Å². The Morgan fingerprint density at radius 1 is 0.939 bits per heavy atom. The fourth-order valence-corrected chi connectivity index (χ4v) is 4.17. The minimum absolute atomic E-state index is 0.0656. The number of carbonyl (C=O) groups is 2. The van der Waals surface area contributed by atoms with Crippen molar-refractivity contribution in [1.29, 1.82) is 0 Å². The maximum Gasteiger partial charge on any atom is 0.415 e. The van der Waals surface area contributed by atoms with E-state index in [0.717, 1.165) is 24.0 Å². The lowest BCUT2D eigenvalue weighted by Gasteiger charge is -2.25. The number of carbonyl (C=O) groups excluding carboxylic acids is 2. The molecule has 4 bridgehead atoms. The Balaban J connectivity index is 2.08. The molecule has 4 aliphatic rings. The van der Waals surface area contributed by atoms with Crippen LogP contribution in [-0.4, -0.2) is 47.7 Å². The van der Waals surface area contributed by atoms with Gasteiger partial charge in [0.05, 0.1) is 18.2 Å². The lowest BCUT2D eigenvalue weighted by Crippen LogP contribution is -2.42. The summed E-state index contributed by atoms with van der Waals surface area (Å²) in [6.45, 7) is 8.61. The fraction of sp³-hybridized carbons (Fsp3) is 0.481. The molecule has 0 unspecified atom stereocenters. The van der Waals surface area contributed by atoms with Gasteiger partial charge in [-0.2, -0.15) is 0 Å². The number of nitrogens with zero attached hydrogens (tertiary/aromatic N) is 1. The molecule has 0 radical (unpaired) electrons. The van der Waals surface area contributed by atoms with Crippen molar-refractivity contribution in [3.05, 3.63) is 64.2 Å². The highest BCUT2D eigenvalue weighted by atomic mass is 16.6.